The van der Waals surface area contributed by atoms with Crippen LogP contribution in [-0.4, -0.2) is 144 Å². The predicted octanol–water partition coefficient (Wildman–Crippen LogP) is 1.76. The number of nitrogens with zero attached hydrogens (tertiary/aromatic N) is 1. The molecule has 4 aliphatic rings. The molecule has 3 aromatic carbocycles. The summed E-state index contributed by atoms with van der Waals surface area (Å²) in [5, 5.41) is 39.7. The molecule has 3 aromatic rings. The first-order valence-electron chi connectivity index (χ1n) is 24.2. The Bertz CT molecular complexity index is 2620. The number of amides is 2. The molecular weight excluding hydrogens is 963 g/mol. The van der Waals surface area contributed by atoms with Crippen LogP contribution in [0.4, 0.5) is 4.79 Å². The second kappa shape index (κ2) is 22.6. The third kappa shape index (κ3) is 10.9. The van der Waals surface area contributed by atoms with Crippen molar-refractivity contribution < 1.29 is 87.4 Å². The smallest absolute Gasteiger partial charge is 0.410 e. The fraction of sp³-hybridized carbons (Fsp3) is 0.481. The largest absolute Gasteiger partial charge is 0.550 e. The number of ether oxygens (including phenoxy) is 6. The fourth-order valence-corrected chi connectivity index (χ4v) is 10.9. The normalized spacial score (nSPS) is 28.2. The lowest BCUT2D eigenvalue weighted by Gasteiger charge is -2.67. The summed E-state index contributed by atoms with van der Waals surface area (Å²) in [4.78, 5) is 110. The van der Waals surface area contributed by atoms with Crippen molar-refractivity contribution >= 4 is 47.6 Å². The van der Waals surface area contributed by atoms with Gasteiger partial charge in [-0.2, -0.15) is 0 Å². The number of rotatable bonds is 14. The molecule has 0 radical (unpaired) electrons. The molecule has 398 valence electrons. The molecule has 20 nitrogen and oxygen atoms in total. The van der Waals surface area contributed by atoms with Crippen LogP contribution in [0.25, 0.3) is 0 Å². The number of Topliss-reactive ketones (excluding diaryl/α,β-unsaturated/α-hetero) is 1. The van der Waals surface area contributed by atoms with E-state index in [1.165, 1.54) is 37.9 Å². The van der Waals surface area contributed by atoms with Crippen molar-refractivity contribution in [2.75, 3.05) is 33.8 Å². The zero-order valence-electron chi connectivity index (χ0n) is 42.9. The van der Waals surface area contributed by atoms with E-state index < -0.39 is 125 Å². The Kier molecular flexibility index (Phi) is 17.2. The maximum absolute atomic E-state index is 15.7. The van der Waals surface area contributed by atoms with Gasteiger partial charge in [0.25, 0.3) is 5.91 Å². The van der Waals surface area contributed by atoms with E-state index in [0.717, 1.165) is 20.8 Å². The van der Waals surface area contributed by atoms with Gasteiger partial charge in [0.05, 0.1) is 49.7 Å². The number of carboxylic acid groups (broad SMARTS) is 1. The summed E-state index contributed by atoms with van der Waals surface area (Å²) in [7, 11) is 3.30. The number of aliphatic carboxylic acids is 1. The fourth-order valence-electron chi connectivity index (χ4n) is 10.9. The summed E-state index contributed by atoms with van der Waals surface area (Å²) in [5.41, 5.74) is -7.30. The molecule has 3 fully saturated rings. The van der Waals surface area contributed by atoms with Gasteiger partial charge in [-0.25, -0.2) is 14.4 Å². The molecule has 74 heavy (non-hydrogen) atoms. The molecule has 3 aliphatic carbocycles. The topological polar surface area (TPSA) is 287 Å². The van der Waals surface area contributed by atoms with Crippen molar-refractivity contribution in [3.05, 3.63) is 119 Å². The molecule has 7 rings (SSSR count). The van der Waals surface area contributed by atoms with E-state index >= 15 is 9.59 Å². The monoisotopic (exact) mass is 1030 g/mol. The number of hydrogen-bond donors (Lipinski definition) is 4. The minimum Gasteiger partial charge on any atom is -0.550 e. The third-order valence-corrected chi connectivity index (χ3v) is 14.8. The quantitative estimate of drug-likeness (QED) is 0.102. The van der Waals surface area contributed by atoms with Crippen LogP contribution in [0.2, 0.25) is 0 Å². The highest BCUT2D eigenvalue weighted by atomic mass is 16.6. The predicted molar refractivity (Wildman–Crippen MR) is 258 cm³/mol. The Morgan fingerprint density at radius 2 is 1.43 bits per heavy atom. The number of nitrogens with one attached hydrogen (secondary N) is 1. The molecule has 2 amide bonds. The lowest BCUT2D eigenvalue weighted by molar-refractivity contribution is -0.626. The van der Waals surface area contributed by atoms with Gasteiger partial charge >= 0.3 is 30.0 Å². The first-order valence-corrected chi connectivity index (χ1v) is 24.2. The van der Waals surface area contributed by atoms with Crippen LogP contribution in [0.5, 0.6) is 0 Å². The molecule has 1 heterocycles. The molecule has 0 spiro atoms. The number of ketones is 1. The summed E-state index contributed by atoms with van der Waals surface area (Å²) in [6, 6.07) is 23.0. The van der Waals surface area contributed by atoms with Gasteiger partial charge in [-0.1, -0.05) is 80.6 Å². The SMILES string of the molecule is CC(=O)[O-].C[NH2+]CCN(C)C(=O)O[C@@H](C(=O)O[C@H]1C[C@@]2(O)[C@@H](OC(=O)c3ccccc3)[C@@H]3[C@]4(OC(C)=O)CO[C@@H]4C[C@H](O)[C@@]3(C)C(=O)[C@H](OC(C)=O)C(=C1C)C2(C)C)[C@@H](NC(=O)c1ccccc1)c1ccccc1. The molecule has 1 aliphatic heterocycles. The van der Waals surface area contributed by atoms with Crippen molar-refractivity contribution in [2.24, 2.45) is 16.7 Å². The number of carbonyl (C=O) groups excluding carboxylic acids is 8. The number of esters is 4. The van der Waals surface area contributed by atoms with Crippen molar-refractivity contribution in [1.29, 1.82) is 0 Å². The highest BCUT2D eigenvalue weighted by Gasteiger charge is 2.78. The first kappa shape index (κ1) is 56.3. The number of carboxylic acids is 1. The Hall–Kier alpha value is -7.00. The molecule has 2 bridgehead atoms. The summed E-state index contributed by atoms with van der Waals surface area (Å²) in [5.74, 6) is -8.01. The van der Waals surface area contributed by atoms with E-state index in [-0.39, 0.29) is 41.8 Å². The molecule has 0 unspecified atom stereocenters. The van der Waals surface area contributed by atoms with Crippen LogP contribution in [0.1, 0.15) is 93.6 Å². The lowest BCUT2D eigenvalue weighted by atomic mass is 9.44. The molecule has 20 heteroatoms. The zero-order valence-corrected chi connectivity index (χ0v) is 42.9. The highest BCUT2D eigenvalue weighted by Crippen LogP contribution is 2.64. The Morgan fingerprint density at radius 1 is 0.865 bits per heavy atom. The minimum absolute atomic E-state index is 0.0264. The van der Waals surface area contributed by atoms with Crippen LogP contribution in [-0.2, 0) is 52.4 Å². The van der Waals surface area contributed by atoms with E-state index in [0.29, 0.717) is 12.1 Å². The van der Waals surface area contributed by atoms with Gasteiger partial charge in [-0.05, 0) is 61.7 Å². The number of aliphatic hydroxyl groups excluding tert-OH is 1. The standard InChI is InChI=1S/C52H61N3O15.C2H4O2/c1-29-35(67-47(62)41(68-48(63)55(8)25-24-53-7)39(32-18-12-9-13-19-32)54-45(60)33-20-14-10-15-21-33)27-52(64)44(69-46(61)34-22-16-11-17-23-34)42-50(6,36(58)26-37-51(42,28-65-37)70-31(3)57)43(59)40(66-30(2)56)38(29)49(52,4)5;1-2(3)4/h9-23,35-37,39-42,44,53,58,64H,24-28H2,1-8H3,(H,54,60);1H3,(H,3,4)/t35-,36-,37+,39-,40+,41+,42-,44-,50+,51-,52+;/m0./s1. The number of quaternary nitrogens is 1. The average Bonchev–Trinajstić information content (AvgIpc) is 3.35. The van der Waals surface area contributed by atoms with Crippen LogP contribution >= 0.6 is 0 Å². The van der Waals surface area contributed by atoms with E-state index in [1.807, 2.05) is 12.4 Å². The van der Waals surface area contributed by atoms with Gasteiger partial charge in [-0.3, -0.25) is 19.2 Å². The summed E-state index contributed by atoms with van der Waals surface area (Å²) >= 11 is 0. The number of carbonyl (C=O) groups is 8. The van der Waals surface area contributed by atoms with Gasteiger partial charge < -0.3 is 64.1 Å². The average molecular weight is 1030 g/mol. The molecule has 11 atom stereocenters. The lowest BCUT2D eigenvalue weighted by Crippen LogP contribution is -2.82. The molecule has 0 aromatic heterocycles. The number of fused-ring (bicyclic) bond motifs is 5. The molecule has 2 saturated carbocycles. The van der Waals surface area contributed by atoms with Crippen molar-refractivity contribution in [2.45, 2.75) is 115 Å². The number of benzene rings is 3. The van der Waals surface area contributed by atoms with Gasteiger partial charge in [0.2, 0.25) is 6.10 Å². The number of nitrogens with two attached hydrogens (primary N) is 1. The summed E-state index contributed by atoms with van der Waals surface area (Å²) < 4.78 is 36.9. The van der Waals surface area contributed by atoms with E-state index in [9.17, 15) is 34.2 Å². The van der Waals surface area contributed by atoms with Crippen LogP contribution < -0.4 is 15.7 Å². The molecular formula is C54H65N3O17. The van der Waals surface area contributed by atoms with Gasteiger partial charge in [-0.15, -0.1) is 0 Å². The van der Waals surface area contributed by atoms with Gasteiger partial charge in [0.1, 0.15) is 30.0 Å². The third-order valence-electron chi connectivity index (χ3n) is 14.8. The Morgan fingerprint density at radius 3 is 1.96 bits per heavy atom. The minimum atomic E-state index is -2.45. The summed E-state index contributed by atoms with van der Waals surface area (Å²) in [6.45, 7) is 9.62. The van der Waals surface area contributed by atoms with Crippen molar-refractivity contribution in [3.8, 4) is 0 Å². The van der Waals surface area contributed by atoms with E-state index in [1.54, 1.807) is 92.7 Å². The highest BCUT2D eigenvalue weighted by molar-refractivity contribution is 5.96. The van der Waals surface area contributed by atoms with Crippen molar-refractivity contribution in [1.82, 2.24) is 10.2 Å². The van der Waals surface area contributed by atoms with Gasteiger partial charge in [0, 0.05) is 50.7 Å². The number of hydrogen-bond acceptors (Lipinski definition) is 17. The van der Waals surface area contributed by atoms with Gasteiger partial charge in [0.15, 0.2) is 17.5 Å². The zero-order chi connectivity index (χ0) is 54.5. The van der Waals surface area contributed by atoms with E-state index in [2.05, 4.69) is 5.32 Å². The van der Waals surface area contributed by atoms with Crippen LogP contribution in [0.15, 0.2) is 102 Å². The molecule has 5 N–H and O–H groups in total. The Labute approximate surface area is 428 Å². The second-order valence-corrected chi connectivity index (χ2v) is 19.8. The van der Waals surface area contributed by atoms with E-state index in [4.69, 9.17) is 38.3 Å². The number of aliphatic hydroxyl groups is 2. The first-order chi connectivity index (χ1) is 34.8. The maximum atomic E-state index is 15.7. The maximum Gasteiger partial charge on any atom is 0.410 e. The Balaban J connectivity index is 0.00000215. The van der Waals surface area contributed by atoms with Crippen molar-refractivity contribution in [3.63, 3.8) is 0 Å². The second-order valence-electron chi connectivity index (χ2n) is 19.8. The number of likely N-dealkylation sites (N-methyl/N-ethyl adjacent to an activating group) is 2. The molecule has 1 saturated heterocycles. The summed E-state index contributed by atoms with van der Waals surface area (Å²) in [6.07, 6.45) is -11.6. The van der Waals surface area contributed by atoms with Crippen LogP contribution in [0.3, 0.4) is 0 Å². The van der Waals surface area contributed by atoms with Crippen LogP contribution in [0, 0.1) is 16.7 Å².